The lowest BCUT2D eigenvalue weighted by molar-refractivity contribution is 0.278. The third-order valence-corrected chi connectivity index (χ3v) is 6.45. The van der Waals surface area contributed by atoms with E-state index in [0.29, 0.717) is 12.4 Å². The first kappa shape index (κ1) is 29.7. The molecule has 0 atom stereocenters. The summed E-state index contributed by atoms with van der Waals surface area (Å²) in [7, 11) is 0. The van der Waals surface area contributed by atoms with Crippen molar-refractivity contribution >= 4 is 0 Å². The minimum atomic E-state index is 0.202. The molecule has 0 saturated carbocycles. The summed E-state index contributed by atoms with van der Waals surface area (Å²) in [5.74, 6) is 1.54. The summed E-state index contributed by atoms with van der Waals surface area (Å²) in [6, 6.07) is 5.35. The van der Waals surface area contributed by atoms with Crippen LogP contribution in [0.1, 0.15) is 142 Å². The lowest BCUT2D eigenvalue weighted by Gasteiger charge is -2.11. The van der Waals surface area contributed by atoms with E-state index in [0.717, 1.165) is 25.2 Å². The minimum absolute atomic E-state index is 0.202. The van der Waals surface area contributed by atoms with E-state index >= 15 is 0 Å². The van der Waals surface area contributed by atoms with Crippen molar-refractivity contribution in [2.75, 3.05) is 13.2 Å². The van der Waals surface area contributed by atoms with Crippen molar-refractivity contribution in [2.45, 2.75) is 142 Å². The average molecular weight is 463 g/mol. The van der Waals surface area contributed by atoms with Crippen molar-refractivity contribution in [3.63, 3.8) is 0 Å². The topological polar surface area (TPSA) is 38.7 Å². The first-order chi connectivity index (χ1) is 16.3. The van der Waals surface area contributed by atoms with Gasteiger partial charge in [-0.25, -0.2) is 0 Å². The fourth-order valence-corrected chi connectivity index (χ4v) is 4.25. The highest BCUT2D eigenvalue weighted by Crippen LogP contribution is 2.30. The lowest BCUT2D eigenvalue weighted by atomic mass is 10.1. The Morgan fingerprint density at radius 1 is 0.515 bits per heavy atom. The minimum Gasteiger partial charge on any atom is -0.504 e. The molecule has 0 fully saturated rings. The standard InChI is InChI=1S/C30H54O3/c1-3-5-7-9-11-13-15-17-19-21-25-32-28-23-24-29(31)30(27-28)33-26-22-20-18-16-14-12-10-8-6-4-2/h23-24,27,31H,3-22,25-26H2,1-2H3. The van der Waals surface area contributed by atoms with E-state index in [4.69, 9.17) is 9.47 Å². The Hall–Kier alpha value is -1.38. The fourth-order valence-electron chi connectivity index (χ4n) is 4.25. The highest BCUT2D eigenvalue weighted by atomic mass is 16.5. The maximum Gasteiger partial charge on any atom is 0.164 e. The third kappa shape index (κ3) is 17.7. The summed E-state index contributed by atoms with van der Waals surface area (Å²) in [5.41, 5.74) is 0. The molecule has 0 heterocycles. The molecule has 0 saturated heterocycles. The molecule has 1 N–H and O–H groups in total. The van der Waals surface area contributed by atoms with Crippen LogP contribution >= 0.6 is 0 Å². The van der Waals surface area contributed by atoms with Crippen molar-refractivity contribution in [3.8, 4) is 17.2 Å². The van der Waals surface area contributed by atoms with E-state index in [9.17, 15) is 5.11 Å². The number of rotatable bonds is 24. The quantitative estimate of drug-likeness (QED) is 0.155. The molecular weight excluding hydrogens is 408 g/mol. The monoisotopic (exact) mass is 462 g/mol. The third-order valence-electron chi connectivity index (χ3n) is 6.45. The molecule has 0 unspecified atom stereocenters. The van der Waals surface area contributed by atoms with Gasteiger partial charge in [0.15, 0.2) is 11.5 Å². The van der Waals surface area contributed by atoms with Crippen LogP contribution in [0.3, 0.4) is 0 Å². The maximum absolute atomic E-state index is 10.1. The summed E-state index contributed by atoms with van der Waals surface area (Å²) >= 11 is 0. The Morgan fingerprint density at radius 2 is 0.909 bits per heavy atom. The van der Waals surface area contributed by atoms with E-state index < -0.39 is 0 Å². The van der Waals surface area contributed by atoms with Gasteiger partial charge in [-0.1, -0.05) is 129 Å². The van der Waals surface area contributed by atoms with Crippen molar-refractivity contribution < 1.29 is 14.6 Å². The number of phenols is 1. The molecule has 0 amide bonds. The van der Waals surface area contributed by atoms with Crippen LogP contribution < -0.4 is 9.47 Å². The van der Waals surface area contributed by atoms with Crippen LogP contribution in [0.2, 0.25) is 0 Å². The van der Waals surface area contributed by atoms with Crippen molar-refractivity contribution in [1.29, 1.82) is 0 Å². The average Bonchev–Trinajstić information content (AvgIpc) is 2.82. The molecule has 0 radical (unpaired) electrons. The number of phenolic OH excluding ortho intramolecular Hbond substituents is 1. The highest BCUT2D eigenvalue weighted by molar-refractivity contribution is 5.44. The van der Waals surface area contributed by atoms with Gasteiger partial charge in [0.05, 0.1) is 13.2 Å². The summed E-state index contributed by atoms with van der Waals surface area (Å²) in [4.78, 5) is 0. The van der Waals surface area contributed by atoms with Gasteiger partial charge in [-0.15, -0.1) is 0 Å². The maximum atomic E-state index is 10.1. The predicted octanol–water partition coefficient (Wildman–Crippen LogP) is 9.99. The number of aromatic hydroxyl groups is 1. The summed E-state index contributed by atoms with van der Waals surface area (Å²) in [6.07, 6.45) is 26.4. The van der Waals surface area contributed by atoms with Crippen LogP contribution in [0.15, 0.2) is 18.2 Å². The molecule has 0 spiro atoms. The van der Waals surface area contributed by atoms with Crippen LogP contribution in [-0.2, 0) is 0 Å². The van der Waals surface area contributed by atoms with Crippen LogP contribution in [0.4, 0.5) is 0 Å². The molecule has 33 heavy (non-hydrogen) atoms. The number of hydrogen-bond acceptors (Lipinski definition) is 3. The van der Waals surface area contributed by atoms with E-state index in [1.807, 2.05) is 12.1 Å². The van der Waals surface area contributed by atoms with Gasteiger partial charge in [0.1, 0.15) is 5.75 Å². The van der Waals surface area contributed by atoms with E-state index in [1.165, 1.54) is 116 Å². The number of ether oxygens (including phenoxy) is 2. The second-order valence-electron chi connectivity index (χ2n) is 9.69. The van der Waals surface area contributed by atoms with Crippen LogP contribution in [0.25, 0.3) is 0 Å². The Balaban J connectivity index is 2.02. The Morgan fingerprint density at radius 3 is 1.36 bits per heavy atom. The smallest absolute Gasteiger partial charge is 0.164 e. The molecule has 0 bridgehead atoms. The second kappa shape index (κ2) is 22.4. The van der Waals surface area contributed by atoms with E-state index in [2.05, 4.69) is 13.8 Å². The predicted molar refractivity (Wildman–Crippen MR) is 143 cm³/mol. The van der Waals surface area contributed by atoms with Crippen LogP contribution in [0, 0.1) is 0 Å². The largest absolute Gasteiger partial charge is 0.504 e. The molecule has 3 nitrogen and oxygen atoms in total. The fraction of sp³-hybridized carbons (Fsp3) is 0.800. The molecule has 0 aromatic heterocycles. The van der Waals surface area contributed by atoms with Crippen molar-refractivity contribution in [1.82, 2.24) is 0 Å². The zero-order chi connectivity index (χ0) is 23.8. The van der Waals surface area contributed by atoms with Gasteiger partial charge < -0.3 is 14.6 Å². The van der Waals surface area contributed by atoms with Gasteiger partial charge in [-0.05, 0) is 25.0 Å². The molecule has 0 aliphatic heterocycles. The number of unbranched alkanes of at least 4 members (excludes halogenated alkanes) is 18. The first-order valence-corrected chi connectivity index (χ1v) is 14.4. The molecule has 3 heteroatoms. The Bertz CT molecular complexity index is 543. The van der Waals surface area contributed by atoms with Gasteiger partial charge in [-0.2, -0.15) is 0 Å². The van der Waals surface area contributed by atoms with Gasteiger partial charge in [0, 0.05) is 6.07 Å². The van der Waals surface area contributed by atoms with Gasteiger partial charge in [-0.3, -0.25) is 0 Å². The van der Waals surface area contributed by atoms with Gasteiger partial charge in [0.2, 0.25) is 0 Å². The summed E-state index contributed by atoms with van der Waals surface area (Å²) < 4.78 is 11.7. The molecule has 192 valence electrons. The van der Waals surface area contributed by atoms with Gasteiger partial charge >= 0.3 is 0 Å². The zero-order valence-electron chi connectivity index (χ0n) is 22.1. The summed E-state index contributed by atoms with van der Waals surface area (Å²) in [6.45, 7) is 5.93. The molecular formula is C30H54O3. The number of benzene rings is 1. The van der Waals surface area contributed by atoms with Crippen molar-refractivity contribution in [2.24, 2.45) is 0 Å². The Labute approximate surface area is 205 Å². The molecule has 1 aromatic rings. The first-order valence-electron chi connectivity index (χ1n) is 14.4. The molecule has 0 aliphatic rings. The number of hydrogen-bond donors (Lipinski definition) is 1. The highest BCUT2D eigenvalue weighted by Gasteiger charge is 2.05. The lowest BCUT2D eigenvalue weighted by Crippen LogP contribution is -2.00. The second-order valence-corrected chi connectivity index (χ2v) is 9.69. The van der Waals surface area contributed by atoms with Crippen LogP contribution in [-0.4, -0.2) is 18.3 Å². The zero-order valence-corrected chi connectivity index (χ0v) is 22.1. The van der Waals surface area contributed by atoms with Crippen molar-refractivity contribution in [3.05, 3.63) is 18.2 Å². The molecule has 0 aliphatic carbocycles. The van der Waals surface area contributed by atoms with Gasteiger partial charge in [0.25, 0.3) is 0 Å². The summed E-state index contributed by atoms with van der Waals surface area (Å²) in [5, 5.41) is 10.1. The van der Waals surface area contributed by atoms with E-state index in [-0.39, 0.29) is 5.75 Å². The SMILES string of the molecule is CCCCCCCCCCCCOc1ccc(O)c(OCCCCCCCCCCCC)c1. The Kier molecular flexibility index (Phi) is 20.1. The normalized spacial score (nSPS) is 11.1. The van der Waals surface area contributed by atoms with E-state index in [1.54, 1.807) is 6.07 Å². The molecule has 1 aromatic carbocycles. The van der Waals surface area contributed by atoms with Crippen LogP contribution in [0.5, 0.6) is 17.2 Å². The molecule has 1 rings (SSSR count).